The van der Waals surface area contributed by atoms with E-state index in [9.17, 15) is 9.50 Å². The van der Waals surface area contributed by atoms with Crippen LogP contribution in [-0.4, -0.2) is 43.5 Å². The third-order valence-electron chi connectivity index (χ3n) is 4.15. The minimum Gasteiger partial charge on any atom is -0.392 e. The number of hydrogen-bond acceptors (Lipinski definition) is 4. The van der Waals surface area contributed by atoms with Crippen molar-refractivity contribution in [1.29, 1.82) is 0 Å². The first-order valence-corrected chi connectivity index (χ1v) is 8.44. The van der Waals surface area contributed by atoms with E-state index < -0.39 is 0 Å². The minimum absolute atomic E-state index is 0.283. The van der Waals surface area contributed by atoms with Gasteiger partial charge in [-0.3, -0.25) is 9.47 Å². The molecule has 1 aromatic carbocycles. The van der Waals surface area contributed by atoms with Crippen LogP contribution in [0.2, 0.25) is 0 Å². The van der Waals surface area contributed by atoms with Gasteiger partial charge in [-0.25, -0.2) is 9.07 Å². The Kier molecular flexibility index (Phi) is 5.23. The van der Waals surface area contributed by atoms with Gasteiger partial charge in [0.25, 0.3) is 0 Å². The number of allylic oxidation sites excluding steroid dienone is 1. The molecule has 1 aliphatic rings. The molecule has 24 heavy (non-hydrogen) atoms. The number of benzene rings is 1. The lowest BCUT2D eigenvalue weighted by molar-refractivity contribution is 0.0513. The second kappa shape index (κ2) is 7.38. The second-order valence-electron chi connectivity index (χ2n) is 6.03. The Balaban J connectivity index is 1.93. The smallest absolute Gasteiger partial charge is 0.199 e. The summed E-state index contributed by atoms with van der Waals surface area (Å²) in [5.74, 6) is 0.409. The van der Waals surface area contributed by atoms with Crippen molar-refractivity contribution in [3.05, 3.63) is 47.5 Å². The fraction of sp³-hybridized carbons (Fsp3) is 0.412. The van der Waals surface area contributed by atoms with E-state index in [-0.39, 0.29) is 11.9 Å². The fourth-order valence-corrected chi connectivity index (χ4v) is 3.25. The highest BCUT2D eigenvalue weighted by molar-refractivity contribution is 7.71. The number of β-amino-alcohol motifs (C(OH)–C–C–N with tert-alkyl or cyclic N) is 1. The molecule has 128 valence electrons. The molecule has 2 heterocycles. The lowest BCUT2D eigenvalue weighted by Crippen LogP contribution is -2.39. The number of hydrogen-bond donors (Lipinski definition) is 1. The Morgan fingerprint density at radius 3 is 2.79 bits per heavy atom. The maximum Gasteiger partial charge on any atom is 0.199 e. The number of likely N-dealkylation sites (tertiary alicyclic amines) is 1. The van der Waals surface area contributed by atoms with Gasteiger partial charge in [0.1, 0.15) is 5.82 Å². The summed E-state index contributed by atoms with van der Waals surface area (Å²) >= 11 is 5.55. The Labute approximate surface area is 145 Å². The van der Waals surface area contributed by atoms with Crippen molar-refractivity contribution in [3.8, 4) is 11.4 Å². The Bertz CT molecular complexity index is 768. The molecule has 0 saturated carbocycles. The zero-order valence-electron chi connectivity index (χ0n) is 13.4. The first-order valence-electron chi connectivity index (χ1n) is 8.03. The summed E-state index contributed by atoms with van der Waals surface area (Å²) < 4.78 is 17.4. The SMILES string of the molecule is C=CCn1c(-c2ccc(F)cc2)nn(CN2CCC[C@@H](O)C2)c1=S. The lowest BCUT2D eigenvalue weighted by atomic mass is 10.1. The van der Waals surface area contributed by atoms with E-state index in [1.165, 1.54) is 12.1 Å². The van der Waals surface area contributed by atoms with Gasteiger partial charge in [0, 0.05) is 25.2 Å². The van der Waals surface area contributed by atoms with Crippen molar-refractivity contribution in [2.24, 2.45) is 0 Å². The topological polar surface area (TPSA) is 46.2 Å². The first kappa shape index (κ1) is 17.0. The Morgan fingerprint density at radius 1 is 1.38 bits per heavy atom. The van der Waals surface area contributed by atoms with Crippen LogP contribution in [0.15, 0.2) is 36.9 Å². The van der Waals surface area contributed by atoms with Gasteiger partial charge >= 0.3 is 0 Å². The van der Waals surface area contributed by atoms with Gasteiger partial charge in [-0.15, -0.1) is 6.58 Å². The van der Waals surface area contributed by atoms with Crippen molar-refractivity contribution >= 4 is 12.2 Å². The van der Waals surface area contributed by atoms with Gasteiger partial charge in [0.05, 0.1) is 12.8 Å². The summed E-state index contributed by atoms with van der Waals surface area (Å²) in [4.78, 5) is 2.14. The normalized spacial score (nSPS) is 18.7. The molecule has 1 aliphatic heterocycles. The molecule has 2 aromatic rings. The third kappa shape index (κ3) is 3.63. The number of nitrogens with zero attached hydrogens (tertiary/aromatic N) is 4. The van der Waals surface area contributed by atoms with E-state index in [2.05, 4.69) is 16.6 Å². The number of rotatable bonds is 5. The summed E-state index contributed by atoms with van der Waals surface area (Å²) in [6, 6.07) is 6.22. The highest BCUT2D eigenvalue weighted by Crippen LogP contribution is 2.20. The molecule has 1 N–H and O–H groups in total. The standard InChI is InChI=1S/C17H21FN4OS/c1-2-9-21-16(13-5-7-14(18)8-6-13)19-22(17(21)24)12-20-10-3-4-15(23)11-20/h2,5-8,15,23H,1,3-4,9-12H2/t15-/m1/s1. The zero-order valence-corrected chi connectivity index (χ0v) is 14.3. The van der Waals surface area contributed by atoms with Crippen LogP contribution in [0.5, 0.6) is 0 Å². The van der Waals surface area contributed by atoms with E-state index in [0.29, 0.717) is 30.4 Å². The van der Waals surface area contributed by atoms with Crippen molar-refractivity contribution in [2.75, 3.05) is 13.1 Å². The molecular formula is C17H21FN4OS. The first-order chi connectivity index (χ1) is 11.6. The Hall–Kier alpha value is -1.83. The zero-order chi connectivity index (χ0) is 17.1. The molecule has 5 nitrogen and oxygen atoms in total. The number of aliphatic hydroxyl groups excluding tert-OH is 1. The number of halogens is 1. The molecule has 0 unspecified atom stereocenters. The summed E-state index contributed by atoms with van der Waals surface area (Å²) in [5.41, 5.74) is 0.807. The highest BCUT2D eigenvalue weighted by Gasteiger charge is 2.20. The quantitative estimate of drug-likeness (QED) is 0.667. The largest absolute Gasteiger partial charge is 0.392 e. The van der Waals surface area contributed by atoms with Crippen LogP contribution in [0.1, 0.15) is 12.8 Å². The molecule has 1 aromatic heterocycles. The molecule has 0 aliphatic carbocycles. The summed E-state index contributed by atoms with van der Waals surface area (Å²) in [6.45, 7) is 6.39. The summed E-state index contributed by atoms with van der Waals surface area (Å²) in [5, 5.41) is 14.5. The van der Waals surface area contributed by atoms with Crippen molar-refractivity contribution < 1.29 is 9.50 Å². The third-order valence-corrected chi connectivity index (χ3v) is 4.58. The molecule has 0 amide bonds. The molecule has 1 saturated heterocycles. The fourth-order valence-electron chi connectivity index (χ4n) is 2.99. The molecular weight excluding hydrogens is 327 g/mol. The van der Waals surface area contributed by atoms with Crippen LogP contribution >= 0.6 is 12.2 Å². The Morgan fingerprint density at radius 2 is 2.12 bits per heavy atom. The van der Waals surface area contributed by atoms with Crippen LogP contribution in [-0.2, 0) is 13.2 Å². The van der Waals surface area contributed by atoms with Crippen LogP contribution in [0.4, 0.5) is 4.39 Å². The van der Waals surface area contributed by atoms with Gasteiger partial charge in [0.15, 0.2) is 10.6 Å². The predicted octanol–water partition coefficient (Wildman–Crippen LogP) is 2.82. The van der Waals surface area contributed by atoms with E-state index in [1.54, 1.807) is 22.9 Å². The number of aliphatic hydroxyl groups is 1. The summed E-state index contributed by atoms with van der Waals surface area (Å²) in [7, 11) is 0. The molecule has 0 bridgehead atoms. The van der Waals surface area contributed by atoms with Crippen LogP contribution in [0.3, 0.4) is 0 Å². The van der Waals surface area contributed by atoms with Gasteiger partial charge in [-0.1, -0.05) is 6.08 Å². The van der Waals surface area contributed by atoms with Crippen LogP contribution in [0.25, 0.3) is 11.4 Å². The average Bonchev–Trinajstić information content (AvgIpc) is 2.86. The van der Waals surface area contributed by atoms with E-state index in [0.717, 1.165) is 24.9 Å². The molecule has 1 atom stereocenters. The minimum atomic E-state index is -0.292. The van der Waals surface area contributed by atoms with E-state index in [1.807, 2.05) is 4.57 Å². The maximum absolute atomic E-state index is 13.2. The predicted molar refractivity (Wildman–Crippen MR) is 93.5 cm³/mol. The van der Waals surface area contributed by atoms with Crippen molar-refractivity contribution in [1.82, 2.24) is 19.2 Å². The molecule has 3 rings (SSSR count). The van der Waals surface area contributed by atoms with Gasteiger partial charge in [-0.2, -0.15) is 5.10 Å². The second-order valence-corrected chi connectivity index (χ2v) is 6.39. The van der Waals surface area contributed by atoms with Gasteiger partial charge < -0.3 is 5.11 Å². The summed E-state index contributed by atoms with van der Waals surface area (Å²) in [6.07, 6.45) is 3.28. The molecule has 0 spiro atoms. The lowest BCUT2D eigenvalue weighted by Gasteiger charge is -2.29. The molecule has 1 fully saturated rings. The van der Waals surface area contributed by atoms with Crippen molar-refractivity contribution in [2.45, 2.75) is 32.2 Å². The highest BCUT2D eigenvalue weighted by atomic mass is 32.1. The average molecular weight is 348 g/mol. The van der Waals surface area contributed by atoms with Gasteiger partial charge in [-0.05, 0) is 49.3 Å². The molecule has 0 radical (unpaired) electrons. The van der Waals surface area contributed by atoms with E-state index in [4.69, 9.17) is 12.2 Å². The maximum atomic E-state index is 13.2. The van der Waals surface area contributed by atoms with Crippen LogP contribution < -0.4 is 0 Å². The van der Waals surface area contributed by atoms with E-state index >= 15 is 0 Å². The molecule has 7 heteroatoms. The van der Waals surface area contributed by atoms with Crippen molar-refractivity contribution in [3.63, 3.8) is 0 Å². The van der Waals surface area contributed by atoms with Gasteiger partial charge in [0.2, 0.25) is 0 Å². The van der Waals surface area contributed by atoms with Crippen LogP contribution in [0, 0.1) is 10.6 Å². The number of aromatic nitrogens is 3. The number of piperidine rings is 1. The monoisotopic (exact) mass is 348 g/mol.